The molecule has 3 aromatic carbocycles. The minimum atomic E-state index is -0.722. The van der Waals surface area contributed by atoms with Crippen LogP contribution in [-0.4, -0.2) is 33.1 Å². The molecule has 3 amide bonds. The van der Waals surface area contributed by atoms with Gasteiger partial charge < -0.3 is 10.3 Å². The van der Waals surface area contributed by atoms with E-state index in [1.165, 1.54) is 16.3 Å². The lowest BCUT2D eigenvalue weighted by Crippen LogP contribution is -2.36. The summed E-state index contributed by atoms with van der Waals surface area (Å²) >= 11 is 0.824. The van der Waals surface area contributed by atoms with Gasteiger partial charge in [0.05, 0.1) is 4.91 Å². The Hall–Kier alpha value is -3.84. The van der Waals surface area contributed by atoms with Gasteiger partial charge in [-0.05, 0) is 40.2 Å². The number of carbonyl (C=O) groups is 3. The summed E-state index contributed by atoms with van der Waals surface area (Å²) in [6.07, 6.45) is 3.71. The van der Waals surface area contributed by atoms with Crippen LogP contribution in [0.3, 0.4) is 0 Å². The predicted octanol–water partition coefficient (Wildman–Crippen LogP) is 4.36. The molecule has 7 heteroatoms. The maximum atomic E-state index is 12.6. The monoisotopic (exact) mass is 441 g/mol. The number of amides is 3. The molecule has 0 unspecified atom stereocenters. The lowest BCUT2D eigenvalue weighted by molar-refractivity contribution is -0.127. The molecule has 1 aliphatic rings. The molecule has 0 spiro atoms. The zero-order chi connectivity index (χ0) is 22.2. The second kappa shape index (κ2) is 8.01. The van der Waals surface area contributed by atoms with Crippen LogP contribution >= 0.6 is 11.8 Å². The minimum Gasteiger partial charge on any atom is -0.368 e. The number of hydrogen-bond donors (Lipinski definition) is 1. The van der Waals surface area contributed by atoms with Crippen molar-refractivity contribution in [3.8, 4) is 0 Å². The highest BCUT2D eigenvalue weighted by Gasteiger charge is 2.36. The molecule has 0 radical (unpaired) electrons. The van der Waals surface area contributed by atoms with E-state index in [9.17, 15) is 14.4 Å². The molecule has 0 atom stereocenters. The largest absolute Gasteiger partial charge is 0.368 e. The molecule has 0 bridgehead atoms. The normalized spacial score (nSPS) is 15.4. The quantitative estimate of drug-likeness (QED) is 0.466. The van der Waals surface area contributed by atoms with Crippen LogP contribution < -0.4 is 5.73 Å². The first kappa shape index (κ1) is 20.1. The molecule has 0 saturated carbocycles. The van der Waals surface area contributed by atoms with Gasteiger partial charge in [0.15, 0.2) is 0 Å². The standard InChI is InChI=1S/C25H19N3O3S/c26-23(29)15-28-24(30)22(32-25(28)31)12-18-14-27(21-11-4-3-10-20(18)21)13-17-8-5-7-16-6-1-2-9-19(16)17/h1-12,14H,13,15H2,(H2,26,29)/b22-12-. The Balaban J connectivity index is 1.55. The lowest BCUT2D eigenvalue weighted by atomic mass is 10.0. The molecule has 2 heterocycles. The fraction of sp³-hybridized carbons (Fsp3) is 0.0800. The lowest BCUT2D eigenvalue weighted by Gasteiger charge is -2.09. The first-order valence-corrected chi connectivity index (χ1v) is 10.9. The van der Waals surface area contributed by atoms with Crippen molar-refractivity contribution in [2.75, 3.05) is 6.54 Å². The first-order chi connectivity index (χ1) is 15.5. The number of nitrogens with two attached hydrogens (primary N) is 1. The Morgan fingerprint density at radius 1 is 0.938 bits per heavy atom. The van der Waals surface area contributed by atoms with Crippen LogP contribution in [0.1, 0.15) is 11.1 Å². The van der Waals surface area contributed by atoms with Crippen LogP contribution in [0.15, 0.2) is 77.8 Å². The maximum Gasteiger partial charge on any atom is 0.294 e. The number of para-hydroxylation sites is 1. The van der Waals surface area contributed by atoms with Gasteiger partial charge in [0.25, 0.3) is 11.1 Å². The average Bonchev–Trinajstić information content (AvgIpc) is 3.26. The highest BCUT2D eigenvalue weighted by atomic mass is 32.2. The number of thioether (sulfide) groups is 1. The number of benzene rings is 3. The Morgan fingerprint density at radius 2 is 1.66 bits per heavy atom. The molecule has 5 rings (SSSR count). The SMILES string of the molecule is NC(=O)CN1C(=O)S/C(=C\c2cn(Cc3cccc4ccccc34)c3ccccc23)C1=O. The molecule has 1 aromatic heterocycles. The fourth-order valence-electron chi connectivity index (χ4n) is 4.07. The van der Waals surface area contributed by atoms with Crippen molar-refractivity contribution in [1.82, 2.24) is 9.47 Å². The molecule has 158 valence electrons. The molecule has 0 aliphatic carbocycles. The van der Waals surface area contributed by atoms with Crippen LogP contribution in [0.2, 0.25) is 0 Å². The van der Waals surface area contributed by atoms with E-state index in [0.717, 1.165) is 33.1 Å². The molecule has 1 aliphatic heterocycles. The topological polar surface area (TPSA) is 85.4 Å². The van der Waals surface area contributed by atoms with Gasteiger partial charge >= 0.3 is 0 Å². The number of aromatic nitrogens is 1. The third-order valence-electron chi connectivity index (χ3n) is 5.51. The summed E-state index contributed by atoms with van der Waals surface area (Å²) in [6, 6.07) is 22.5. The summed E-state index contributed by atoms with van der Waals surface area (Å²) < 4.78 is 2.15. The average molecular weight is 442 g/mol. The summed E-state index contributed by atoms with van der Waals surface area (Å²) in [6.45, 7) is 0.254. The molecule has 32 heavy (non-hydrogen) atoms. The second-order valence-electron chi connectivity index (χ2n) is 7.60. The fourth-order valence-corrected chi connectivity index (χ4v) is 4.90. The number of rotatable bonds is 5. The number of carbonyl (C=O) groups excluding carboxylic acids is 3. The van der Waals surface area contributed by atoms with Gasteiger partial charge in [-0.25, -0.2) is 0 Å². The summed E-state index contributed by atoms with van der Waals surface area (Å²) in [5.74, 6) is -1.22. The third-order valence-corrected chi connectivity index (χ3v) is 6.42. The van der Waals surface area contributed by atoms with Crippen molar-refractivity contribution in [2.24, 2.45) is 5.73 Å². The summed E-state index contributed by atoms with van der Waals surface area (Å²) in [7, 11) is 0. The van der Waals surface area contributed by atoms with E-state index < -0.39 is 23.6 Å². The smallest absolute Gasteiger partial charge is 0.294 e. The number of primary amides is 1. The van der Waals surface area contributed by atoms with Gasteiger partial charge in [0.2, 0.25) is 5.91 Å². The van der Waals surface area contributed by atoms with E-state index >= 15 is 0 Å². The van der Waals surface area contributed by atoms with Crippen molar-refractivity contribution in [2.45, 2.75) is 6.54 Å². The van der Waals surface area contributed by atoms with E-state index in [4.69, 9.17) is 5.73 Å². The number of hydrogen-bond acceptors (Lipinski definition) is 4. The van der Waals surface area contributed by atoms with Crippen LogP contribution in [0.4, 0.5) is 4.79 Å². The highest BCUT2D eigenvalue weighted by molar-refractivity contribution is 8.18. The van der Waals surface area contributed by atoms with Gasteiger partial charge in [-0.15, -0.1) is 0 Å². The first-order valence-electron chi connectivity index (χ1n) is 10.1. The van der Waals surface area contributed by atoms with E-state index in [-0.39, 0.29) is 4.91 Å². The van der Waals surface area contributed by atoms with Gasteiger partial charge in [-0.2, -0.15) is 0 Å². The third kappa shape index (κ3) is 3.56. The van der Waals surface area contributed by atoms with E-state index in [0.29, 0.717) is 6.54 Å². The van der Waals surface area contributed by atoms with E-state index in [2.05, 4.69) is 34.9 Å². The molecule has 6 nitrogen and oxygen atoms in total. The molecule has 4 aromatic rings. The van der Waals surface area contributed by atoms with Gasteiger partial charge in [-0.3, -0.25) is 19.3 Å². The van der Waals surface area contributed by atoms with E-state index in [1.807, 2.05) is 42.6 Å². The van der Waals surface area contributed by atoms with Crippen LogP contribution in [0.25, 0.3) is 27.8 Å². The Kier molecular flexibility index (Phi) is 5.03. The second-order valence-corrected chi connectivity index (χ2v) is 8.60. The Labute approximate surface area is 188 Å². The van der Waals surface area contributed by atoms with Crippen LogP contribution in [-0.2, 0) is 16.1 Å². The molecule has 2 N–H and O–H groups in total. The minimum absolute atomic E-state index is 0.282. The van der Waals surface area contributed by atoms with Crippen molar-refractivity contribution < 1.29 is 14.4 Å². The number of fused-ring (bicyclic) bond motifs is 2. The highest BCUT2D eigenvalue weighted by Crippen LogP contribution is 2.34. The van der Waals surface area contributed by atoms with Gasteiger partial charge in [0, 0.05) is 29.2 Å². The van der Waals surface area contributed by atoms with Crippen molar-refractivity contribution in [3.63, 3.8) is 0 Å². The number of nitrogens with zero attached hydrogens (tertiary/aromatic N) is 2. The van der Waals surface area contributed by atoms with Crippen molar-refractivity contribution in [3.05, 3.63) is 89.0 Å². The maximum absolute atomic E-state index is 12.6. The van der Waals surface area contributed by atoms with E-state index in [1.54, 1.807) is 6.08 Å². The molecule has 1 fully saturated rings. The van der Waals surface area contributed by atoms with Gasteiger partial charge in [0.1, 0.15) is 6.54 Å². The van der Waals surface area contributed by atoms with Crippen LogP contribution in [0.5, 0.6) is 0 Å². The summed E-state index contributed by atoms with van der Waals surface area (Å²) in [4.78, 5) is 37.2. The molecular weight excluding hydrogens is 422 g/mol. The summed E-state index contributed by atoms with van der Waals surface area (Å²) in [5, 5.41) is 2.88. The molecular formula is C25H19N3O3S. The van der Waals surface area contributed by atoms with Crippen molar-refractivity contribution in [1.29, 1.82) is 0 Å². The Bertz CT molecular complexity index is 1430. The van der Waals surface area contributed by atoms with Crippen molar-refractivity contribution >= 4 is 56.6 Å². The predicted molar refractivity (Wildman–Crippen MR) is 127 cm³/mol. The summed E-state index contributed by atoms with van der Waals surface area (Å²) in [5.41, 5.74) is 8.23. The number of imide groups is 1. The van der Waals surface area contributed by atoms with Gasteiger partial charge in [-0.1, -0.05) is 60.7 Å². The molecule has 1 saturated heterocycles. The van der Waals surface area contributed by atoms with Crippen LogP contribution in [0, 0.1) is 0 Å². The zero-order valence-electron chi connectivity index (χ0n) is 17.0. The Morgan fingerprint density at radius 3 is 2.47 bits per heavy atom. The zero-order valence-corrected chi connectivity index (χ0v) is 17.8.